The van der Waals surface area contributed by atoms with E-state index in [1.165, 1.54) is 8.61 Å². The minimum absolute atomic E-state index is 0.430. The molecular formula is C13H23N5O3S. The predicted molar refractivity (Wildman–Crippen MR) is 84.2 cm³/mol. The molecule has 0 atom stereocenters. The fourth-order valence-corrected chi connectivity index (χ4v) is 4.03. The van der Waals surface area contributed by atoms with Gasteiger partial charge in [-0.3, -0.25) is 0 Å². The lowest BCUT2D eigenvalue weighted by atomic mass is 10.4. The average molecular weight is 329 g/mol. The first-order chi connectivity index (χ1) is 10.5. The first-order valence-electron chi connectivity index (χ1n) is 7.40. The molecule has 1 aromatic heterocycles. The number of hydrogen-bond acceptors (Lipinski definition) is 6. The van der Waals surface area contributed by atoms with Crippen LogP contribution in [-0.2, 0) is 10.2 Å². The van der Waals surface area contributed by atoms with Gasteiger partial charge in [-0.2, -0.15) is 22.0 Å². The van der Waals surface area contributed by atoms with Gasteiger partial charge in [-0.05, 0) is 0 Å². The molecule has 0 amide bonds. The Hall–Kier alpha value is -1.45. The number of nitrogens with zero attached hydrogens (tertiary/aromatic N) is 5. The van der Waals surface area contributed by atoms with Crippen LogP contribution < -0.4 is 9.64 Å². The summed E-state index contributed by atoms with van der Waals surface area (Å²) >= 11 is 0. The SMILES string of the molecule is CCN(CC)S(=O)(=O)N1CCN(c2nccc(OC)n2)CC1. The average Bonchev–Trinajstić information content (AvgIpc) is 2.56. The maximum Gasteiger partial charge on any atom is 0.282 e. The molecule has 0 aromatic carbocycles. The normalized spacial score (nSPS) is 17.0. The van der Waals surface area contributed by atoms with E-state index in [0.717, 1.165) is 0 Å². The summed E-state index contributed by atoms with van der Waals surface area (Å²) in [6, 6.07) is 1.69. The first kappa shape index (κ1) is 16.9. The van der Waals surface area contributed by atoms with E-state index >= 15 is 0 Å². The summed E-state index contributed by atoms with van der Waals surface area (Å²) in [5.41, 5.74) is 0. The highest BCUT2D eigenvalue weighted by atomic mass is 32.2. The van der Waals surface area contributed by atoms with Crippen LogP contribution in [0.1, 0.15) is 13.8 Å². The van der Waals surface area contributed by atoms with Crippen molar-refractivity contribution in [2.24, 2.45) is 0 Å². The van der Waals surface area contributed by atoms with Crippen molar-refractivity contribution in [3.63, 3.8) is 0 Å². The molecule has 9 heteroatoms. The Morgan fingerprint density at radius 3 is 2.41 bits per heavy atom. The third kappa shape index (κ3) is 3.47. The van der Waals surface area contributed by atoms with Gasteiger partial charge in [0.1, 0.15) is 0 Å². The molecule has 0 unspecified atom stereocenters. The quantitative estimate of drug-likeness (QED) is 0.741. The zero-order valence-corrected chi connectivity index (χ0v) is 14.1. The van der Waals surface area contributed by atoms with E-state index < -0.39 is 10.2 Å². The Bertz CT molecular complexity index is 583. The molecule has 1 aromatic rings. The molecule has 0 N–H and O–H groups in total. The standard InChI is InChI=1S/C13H23N5O3S/c1-4-17(5-2)22(19,20)18-10-8-16(9-11-18)13-14-7-6-12(15-13)21-3/h6-7H,4-5,8-11H2,1-3H3. The van der Waals surface area contributed by atoms with Gasteiger partial charge in [0.2, 0.25) is 11.8 Å². The third-order valence-corrected chi connectivity index (χ3v) is 5.89. The Morgan fingerprint density at radius 2 is 1.86 bits per heavy atom. The minimum Gasteiger partial charge on any atom is -0.481 e. The predicted octanol–water partition coefficient (Wildman–Crippen LogP) is 0.194. The van der Waals surface area contributed by atoms with E-state index in [0.29, 0.717) is 51.1 Å². The molecular weight excluding hydrogens is 306 g/mol. The molecule has 1 aliphatic rings. The lowest BCUT2D eigenvalue weighted by Crippen LogP contribution is -2.53. The molecule has 0 aliphatic carbocycles. The number of aromatic nitrogens is 2. The van der Waals surface area contributed by atoms with E-state index in [-0.39, 0.29) is 0 Å². The van der Waals surface area contributed by atoms with Crippen LogP contribution >= 0.6 is 0 Å². The van der Waals surface area contributed by atoms with Crippen molar-refractivity contribution in [2.45, 2.75) is 13.8 Å². The lowest BCUT2D eigenvalue weighted by molar-refractivity contribution is 0.332. The van der Waals surface area contributed by atoms with E-state index in [1.807, 2.05) is 18.7 Å². The maximum atomic E-state index is 12.5. The van der Waals surface area contributed by atoms with Crippen LogP contribution in [0.15, 0.2) is 12.3 Å². The van der Waals surface area contributed by atoms with Gasteiger partial charge in [0, 0.05) is 51.5 Å². The van der Waals surface area contributed by atoms with Crippen LogP contribution in [-0.4, -0.2) is 73.4 Å². The van der Waals surface area contributed by atoms with E-state index in [2.05, 4.69) is 9.97 Å². The van der Waals surface area contributed by atoms with Crippen molar-refractivity contribution in [1.29, 1.82) is 0 Å². The van der Waals surface area contributed by atoms with Crippen LogP contribution in [0.4, 0.5) is 5.95 Å². The molecule has 124 valence electrons. The second-order valence-corrected chi connectivity index (χ2v) is 6.81. The summed E-state index contributed by atoms with van der Waals surface area (Å²) in [6.07, 6.45) is 1.64. The highest BCUT2D eigenvalue weighted by Crippen LogP contribution is 2.17. The van der Waals surface area contributed by atoms with Gasteiger partial charge in [0.25, 0.3) is 10.2 Å². The van der Waals surface area contributed by atoms with Crippen molar-refractivity contribution in [2.75, 3.05) is 51.3 Å². The molecule has 1 fully saturated rings. The fraction of sp³-hybridized carbons (Fsp3) is 0.692. The molecule has 0 radical (unpaired) electrons. The number of anilines is 1. The summed E-state index contributed by atoms with van der Waals surface area (Å²) in [4.78, 5) is 10.5. The summed E-state index contributed by atoms with van der Waals surface area (Å²) in [5.74, 6) is 1.07. The van der Waals surface area contributed by atoms with Crippen molar-refractivity contribution < 1.29 is 13.2 Å². The second kappa shape index (κ2) is 7.21. The minimum atomic E-state index is -3.37. The van der Waals surface area contributed by atoms with E-state index in [4.69, 9.17) is 4.74 Å². The molecule has 0 spiro atoms. The van der Waals surface area contributed by atoms with E-state index in [9.17, 15) is 8.42 Å². The molecule has 8 nitrogen and oxygen atoms in total. The van der Waals surface area contributed by atoms with E-state index in [1.54, 1.807) is 19.4 Å². The summed E-state index contributed by atoms with van der Waals surface area (Å²) < 4.78 is 33.0. The van der Waals surface area contributed by atoms with Crippen LogP contribution in [0.5, 0.6) is 5.88 Å². The summed E-state index contributed by atoms with van der Waals surface area (Å²) in [6.45, 7) is 6.65. The van der Waals surface area contributed by atoms with Gasteiger partial charge >= 0.3 is 0 Å². The lowest BCUT2D eigenvalue weighted by Gasteiger charge is -2.36. The van der Waals surface area contributed by atoms with Crippen LogP contribution in [0, 0.1) is 0 Å². The number of ether oxygens (including phenoxy) is 1. The fourth-order valence-electron chi connectivity index (χ4n) is 2.43. The van der Waals surface area contributed by atoms with Gasteiger partial charge in [0.05, 0.1) is 7.11 Å². The molecule has 1 saturated heterocycles. The van der Waals surface area contributed by atoms with Crippen LogP contribution in [0.25, 0.3) is 0 Å². The molecule has 0 saturated carbocycles. The van der Waals surface area contributed by atoms with Crippen LogP contribution in [0.2, 0.25) is 0 Å². The van der Waals surface area contributed by atoms with Gasteiger partial charge < -0.3 is 9.64 Å². The Morgan fingerprint density at radius 1 is 1.23 bits per heavy atom. The molecule has 22 heavy (non-hydrogen) atoms. The number of hydrogen-bond donors (Lipinski definition) is 0. The highest BCUT2D eigenvalue weighted by molar-refractivity contribution is 7.86. The summed E-state index contributed by atoms with van der Waals surface area (Å²) in [7, 11) is -1.81. The summed E-state index contributed by atoms with van der Waals surface area (Å²) in [5, 5.41) is 0. The smallest absolute Gasteiger partial charge is 0.282 e. The first-order valence-corrected chi connectivity index (χ1v) is 8.79. The Balaban J connectivity index is 2.03. The van der Waals surface area contributed by atoms with Gasteiger partial charge in [-0.1, -0.05) is 13.8 Å². The number of piperazine rings is 1. The van der Waals surface area contributed by atoms with Crippen molar-refractivity contribution >= 4 is 16.2 Å². The Labute approximate surface area is 131 Å². The second-order valence-electron chi connectivity index (χ2n) is 4.88. The van der Waals surface area contributed by atoms with Crippen molar-refractivity contribution in [3.8, 4) is 5.88 Å². The third-order valence-electron chi connectivity index (χ3n) is 3.71. The largest absolute Gasteiger partial charge is 0.481 e. The number of rotatable bonds is 6. The molecule has 2 heterocycles. The van der Waals surface area contributed by atoms with Crippen molar-refractivity contribution in [1.82, 2.24) is 18.6 Å². The molecule has 1 aliphatic heterocycles. The zero-order valence-electron chi connectivity index (χ0n) is 13.3. The molecule has 2 rings (SSSR count). The van der Waals surface area contributed by atoms with Gasteiger partial charge in [-0.25, -0.2) is 4.98 Å². The maximum absolute atomic E-state index is 12.5. The van der Waals surface area contributed by atoms with Crippen molar-refractivity contribution in [3.05, 3.63) is 12.3 Å². The zero-order chi connectivity index (χ0) is 16.2. The number of methoxy groups -OCH3 is 1. The van der Waals surface area contributed by atoms with Crippen LogP contribution in [0.3, 0.4) is 0 Å². The molecule has 0 bridgehead atoms. The topological polar surface area (TPSA) is 78.9 Å². The van der Waals surface area contributed by atoms with Gasteiger partial charge in [-0.15, -0.1) is 0 Å². The highest BCUT2D eigenvalue weighted by Gasteiger charge is 2.31. The Kier molecular flexibility index (Phi) is 5.54. The van der Waals surface area contributed by atoms with Gasteiger partial charge in [0.15, 0.2) is 0 Å². The monoisotopic (exact) mass is 329 g/mol.